The quantitative estimate of drug-likeness (QED) is 0.881. The van der Waals surface area contributed by atoms with Crippen molar-refractivity contribution in [3.8, 4) is 0 Å². The number of aliphatic imine (C=N–C) groups is 1. The van der Waals surface area contributed by atoms with Crippen molar-refractivity contribution < 1.29 is 4.74 Å². The summed E-state index contributed by atoms with van der Waals surface area (Å²) in [6.45, 7) is 5.05. The summed E-state index contributed by atoms with van der Waals surface area (Å²) < 4.78 is 5.99. The Hall–Kier alpha value is -1.35. The molecule has 0 amide bonds. The third-order valence-corrected chi connectivity index (χ3v) is 3.73. The van der Waals surface area contributed by atoms with Crippen LogP contribution in [0.4, 0.5) is 0 Å². The van der Waals surface area contributed by atoms with Gasteiger partial charge in [-0.05, 0) is 25.5 Å². The molecule has 2 atom stereocenters. The molecule has 1 N–H and O–H groups in total. The highest BCUT2D eigenvalue weighted by Gasteiger charge is 2.28. The molecule has 0 radical (unpaired) electrons. The van der Waals surface area contributed by atoms with Crippen LogP contribution >= 0.6 is 0 Å². The van der Waals surface area contributed by atoms with Gasteiger partial charge in [0.1, 0.15) is 6.10 Å². The van der Waals surface area contributed by atoms with Crippen LogP contribution in [0.3, 0.4) is 0 Å². The zero-order valence-corrected chi connectivity index (χ0v) is 10.9. The van der Waals surface area contributed by atoms with Gasteiger partial charge in [0.25, 0.3) is 0 Å². The molecular formula is C15H20N2O. The molecule has 2 aliphatic heterocycles. The molecule has 1 fully saturated rings. The lowest BCUT2D eigenvalue weighted by molar-refractivity contribution is 0.211. The maximum Gasteiger partial charge on any atom is 0.188 e. The second-order valence-corrected chi connectivity index (χ2v) is 5.30. The number of benzene rings is 1. The number of rotatable bonds is 3. The van der Waals surface area contributed by atoms with E-state index in [9.17, 15) is 0 Å². The van der Waals surface area contributed by atoms with E-state index in [0.717, 1.165) is 38.4 Å². The van der Waals surface area contributed by atoms with Crippen LogP contribution in [0.15, 0.2) is 29.3 Å². The lowest BCUT2D eigenvalue weighted by atomic mass is 10.1. The monoisotopic (exact) mass is 244 g/mol. The molecule has 2 unspecified atom stereocenters. The summed E-state index contributed by atoms with van der Waals surface area (Å²) in [6, 6.07) is 8.70. The lowest BCUT2D eigenvalue weighted by Gasteiger charge is -2.14. The molecule has 3 nitrogen and oxygen atoms in total. The smallest absolute Gasteiger partial charge is 0.188 e. The fourth-order valence-electron chi connectivity index (χ4n) is 2.62. The van der Waals surface area contributed by atoms with Crippen molar-refractivity contribution in [2.45, 2.75) is 25.9 Å². The van der Waals surface area contributed by atoms with Crippen molar-refractivity contribution >= 4 is 5.90 Å². The normalized spacial score (nSPS) is 27.1. The summed E-state index contributed by atoms with van der Waals surface area (Å²) in [5.74, 6) is 1.49. The minimum Gasteiger partial charge on any atom is -0.475 e. The van der Waals surface area contributed by atoms with Gasteiger partial charge in [-0.1, -0.05) is 29.8 Å². The van der Waals surface area contributed by atoms with Crippen LogP contribution in [0.1, 0.15) is 17.5 Å². The van der Waals surface area contributed by atoms with Crippen molar-refractivity contribution in [2.75, 3.05) is 19.6 Å². The second-order valence-electron chi connectivity index (χ2n) is 5.30. The Morgan fingerprint density at radius 1 is 1.33 bits per heavy atom. The summed E-state index contributed by atoms with van der Waals surface area (Å²) >= 11 is 0. The number of nitrogens with zero attached hydrogens (tertiary/aromatic N) is 1. The van der Waals surface area contributed by atoms with Gasteiger partial charge in [-0.2, -0.15) is 0 Å². The van der Waals surface area contributed by atoms with E-state index in [4.69, 9.17) is 4.74 Å². The van der Waals surface area contributed by atoms with E-state index in [2.05, 4.69) is 41.5 Å². The van der Waals surface area contributed by atoms with E-state index in [1.54, 1.807) is 0 Å². The Morgan fingerprint density at radius 3 is 2.89 bits per heavy atom. The van der Waals surface area contributed by atoms with Gasteiger partial charge in [-0.25, -0.2) is 0 Å². The zero-order valence-electron chi connectivity index (χ0n) is 10.9. The molecule has 0 aliphatic carbocycles. The molecule has 96 valence electrons. The van der Waals surface area contributed by atoms with Crippen molar-refractivity contribution in [1.29, 1.82) is 0 Å². The number of hydrogen-bond acceptors (Lipinski definition) is 3. The third kappa shape index (κ3) is 2.56. The summed E-state index contributed by atoms with van der Waals surface area (Å²) in [5.41, 5.74) is 2.65. The standard InChI is InChI=1S/C15H20N2O/c1-11-2-4-12(5-3-11)8-14-10-17-15(18-14)13-6-7-16-9-13/h2-5,13-14,16H,6-10H2,1H3. The van der Waals surface area contributed by atoms with Crippen LogP contribution in [-0.4, -0.2) is 31.6 Å². The first-order valence-electron chi connectivity index (χ1n) is 6.78. The molecule has 1 aromatic carbocycles. The van der Waals surface area contributed by atoms with Crippen LogP contribution in [-0.2, 0) is 11.2 Å². The molecule has 2 heterocycles. The van der Waals surface area contributed by atoms with E-state index in [-0.39, 0.29) is 6.10 Å². The lowest BCUT2D eigenvalue weighted by Crippen LogP contribution is -2.22. The van der Waals surface area contributed by atoms with Gasteiger partial charge in [0.05, 0.1) is 6.54 Å². The fraction of sp³-hybridized carbons (Fsp3) is 0.533. The minimum atomic E-state index is 0.239. The molecule has 0 aromatic heterocycles. The summed E-state index contributed by atoms with van der Waals surface area (Å²) in [4.78, 5) is 4.57. The Bertz CT molecular complexity index is 432. The molecule has 1 aromatic rings. The highest BCUT2D eigenvalue weighted by Crippen LogP contribution is 2.19. The Morgan fingerprint density at radius 2 is 2.17 bits per heavy atom. The van der Waals surface area contributed by atoms with Gasteiger partial charge in [-0.3, -0.25) is 4.99 Å². The molecule has 0 saturated carbocycles. The maximum atomic E-state index is 5.99. The molecule has 0 bridgehead atoms. The Kier molecular flexibility index (Phi) is 3.33. The molecule has 2 aliphatic rings. The molecule has 3 heteroatoms. The molecule has 1 saturated heterocycles. The largest absolute Gasteiger partial charge is 0.475 e. The van der Waals surface area contributed by atoms with Gasteiger partial charge in [0.2, 0.25) is 0 Å². The van der Waals surface area contributed by atoms with Crippen LogP contribution < -0.4 is 5.32 Å². The topological polar surface area (TPSA) is 33.6 Å². The second kappa shape index (κ2) is 5.11. The average molecular weight is 244 g/mol. The van der Waals surface area contributed by atoms with Crippen LogP contribution in [0, 0.1) is 12.8 Å². The zero-order chi connectivity index (χ0) is 12.4. The SMILES string of the molecule is Cc1ccc(CC2CN=C(C3CCNC3)O2)cc1. The fourth-order valence-corrected chi connectivity index (χ4v) is 2.62. The number of nitrogens with one attached hydrogen (secondary N) is 1. The highest BCUT2D eigenvalue weighted by molar-refractivity contribution is 5.80. The minimum absolute atomic E-state index is 0.239. The van der Waals surface area contributed by atoms with Crippen LogP contribution in [0.25, 0.3) is 0 Å². The highest BCUT2D eigenvalue weighted by atomic mass is 16.5. The Balaban J connectivity index is 1.55. The maximum absolute atomic E-state index is 5.99. The first-order valence-corrected chi connectivity index (χ1v) is 6.78. The van der Waals surface area contributed by atoms with Crippen molar-refractivity contribution in [3.63, 3.8) is 0 Å². The van der Waals surface area contributed by atoms with Gasteiger partial charge in [0, 0.05) is 18.9 Å². The van der Waals surface area contributed by atoms with E-state index in [1.807, 2.05) is 0 Å². The predicted octanol–water partition coefficient (Wildman–Crippen LogP) is 1.94. The van der Waals surface area contributed by atoms with Gasteiger partial charge < -0.3 is 10.1 Å². The van der Waals surface area contributed by atoms with E-state index < -0.39 is 0 Å². The number of aryl methyl sites for hydroxylation is 1. The van der Waals surface area contributed by atoms with Gasteiger partial charge >= 0.3 is 0 Å². The van der Waals surface area contributed by atoms with Crippen LogP contribution in [0.5, 0.6) is 0 Å². The average Bonchev–Trinajstić information content (AvgIpc) is 3.02. The van der Waals surface area contributed by atoms with Gasteiger partial charge in [-0.15, -0.1) is 0 Å². The first kappa shape index (κ1) is 11.7. The van der Waals surface area contributed by atoms with Crippen LogP contribution in [0.2, 0.25) is 0 Å². The molecule has 0 spiro atoms. The molecule has 18 heavy (non-hydrogen) atoms. The van der Waals surface area contributed by atoms with Crippen molar-refractivity contribution in [2.24, 2.45) is 10.9 Å². The third-order valence-electron chi connectivity index (χ3n) is 3.73. The van der Waals surface area contributed by atoms with Gasteiger partial charge in [0.15, 0.2) is 5.90 Å². The molecular weight excluding hydrogens is 224 g/mol. The number of ether oxygens (including phenoxy) is 1. The summed E-state index contributed by atoms with van der Waals surface area (Å²) in [7, 11) is 0. The van der Waals surface area contributed by atoms with E-state index in [1.165, 1.54) is 11.1 Å². The predicted molar refractivity (Wildman–Crippen MR) is 73.0 cm³/mol. The Labute approximate surface area is 108 Å². The van der Waals surface area contributed by atoms with E-state index in [0.29, 0.717) is 5.92 Å². The number of hydrogen-bond donors (Lipinski definition) is 1. The molecule has 3 rings (SSSR count). The summed E-state index contributed by atoms with van der Waals surface area (Å²) in [6.07, 6.45) is 2.37. The van der Waals surface area contributed by atoms with Crippen molar-refractivity contribution in [3.05, 3.63) is 35.4 Å². The van der Waals surface area contributed by atoms with E-state index >= 15 is 0 Å². The first-order chi connectivity index (χ1) is 8.81. The summed E-state index contributed by atoms with van der Waals surface area (Å²) in [5, 5.41) is 3.36. The van der Waals surface area contributed by atoms with Crippen molar-refractivity contribution in [1.82, 2.24) is 5.32 Å².